The quantitative estimate of drug-likeness (QED) is 0.840. The zero-order chi connectivity index (χ0) is 13.1. The highest BCUT2D eigenvalue weighted by Gasteiger charge is 2.38. The third-order valence-corrected chi connectivity index (χ3v) is 4.38. The summed E-state index contributed by atoms with van der Waals surface area (Å²) in [5.74, 6) is 0.609. The number of rotatable bonds is 1. The molecule has 0 atom stereocenters. The van der Waals surface area contributed by atoms with Crippen molar-refractivity contribution in [3.05, 3.63) is 29.8 Å². The van der Waals surface area contributed by atoms with E-state index in [-0.39, 0.29) is 5.79 Å². The maximum atomic E-state index is 9.35. The van der Waals surface area contributed by atoms with Crippen LogP contribution in [0.1, 0.15) is 50.0 Å². The van der Waals surface area contributed by atoms with Gasteiger partial charge in [0.1, 0.15) is 5.75 Å². The zero-order valence-electron chi connectivity index (χ0n) is 11.3. The van der Waals surface area contributed by atoms with Crippen LogP contribution in [0.2, 0.25) is 0 Å². The summed E-state index contributed by atoms with van der Waals surface area (Å²) >= 11 is 0. The smallest absolute Gasteiger partial charge is 0.168 e. The molecule has 1 aliphatic carbocycles. The second-order valence-electron chi connectivity index (χ2n) is 5.68. The molecule has 1 N–H and O–H groups in total. The third kappa shape index (κ3) is 2.93. The summed E-state index contributed by atoms with van der Waals surface area (Å²) < 4.78 is 11.9. The van der Waals surface area contributed by atoms with Crippen molar-refractivity contribution < 1.29 is 14.6 Å². The Balaban J connectivity index is 1.63. The molecule has 0 bridgehead atoms. The van der Waals surface area contributed by atoms with Crippen LogP contribution in [0.25, 0.3) is 0 Å². The first-order valence-corrected chi connectivity index (χ1v) is 7.34. The molecule has 1 aromatic carbocycles. The van der Waals surface area contributed by atoms with E-state index in [0.717, 1.165) is 51.7 Å². The Morgan fingerprint density at radius 1 is 0.947 bits per heavy atom. The van der Waals surface area contributed by atoms with Crippen molar-refractivity contribution in [3.63, 3.8) is 0 Å². The van der Waals surface area contributed by atoms with Gasteiger partial charge in [-0.15, -0.1) is 0 Å². The van der Waals surface area contributed by atoms with Crippen LogP contribution >= 0.6 is 0 Å². The summed E-state index contributed by atoms with van der Waals surface area (Å²) in [7, 11) is 0. The molecule has 1 spiro atoms. The van der Waals surface area contributed by atoms with Gasteiger partial charge in [-0.25, -0.2) is 0 Å². The van der Waals surface area contributed by atoms with E-state index in [0.29, 0.717) is 11.7 Å². The van der Waals surface area contributed by atoms with E-state index in [2.05, 4.69) is 0 Å². The highest BCUT2D eigenvalue weighted by Crippen LogP contribution is 2.41. The van der Waals surface area contributed by atoms with Gasteiger partial charge in [0, 0.05) is 12.8 Å². The molecule has 3 nitrogen and oxygen atoms in total. The van der Waals surface area contributed by atoms with Gasteiger partial charge >= 0.3 is 0 Å². The molecule has 19 heavy (non-hydrogen) atoms. The number of ether oxygens (including phenoxy) is 2. The average Bonchev–Trinajstić information content (AvgIpc) is 2.67. The number of phenols is 1. The first-order chi connectivity index (χ1) is 9.27. The monoisotopic (exact) mass is 262 g/mol. The molecule has 0 radical (unpaired) electrons. The molecule has 0 amide bonds. The van der Waals surface area contributed by atoms with Gasteiger partial charge in [0.25, 0.3) is 0 Å². The Labute approximate surface area is 114 Å². The fourth-order valence-corrected chi connectivity index (χ4v) is 3.19. The van der Waals surface area contributed by atoms with Crippen molar-refractivity contribution in [1.82, 2.24) is 0 Å². The van der Waals surface area contributed by atoms with E-state index < -0.39 is 0 Å². The average molecular weight is 262 g/mol. The summed E-state index contributed by atoms with van der Waals surface area (Å²) in [5.41, 5.74) is 1.32. The fraction of sp³-hybridized carbons (Fsp3) is 0.625. The number of aromatic hydroxyl groups is 1. The number of hydrogen-bond donors (Lipinski definition) is 1. The molecule has 1 heterocycles. The van der Waals surface area contributed by atoms with Crippen LogP contribution in [0.3, 0.4) is 0 Å². The highest BCUT2D eigenvalue weighted by atomic mass is 16.7. The zero-order valence-corrected chi connectivity index (χ0v) is 11.3. The molecule has 104 valence electrons. The van der Waals surface area contributed by atoms with Crippen molar-refractivity contribution in [2.45, 2.75) is 50.2 Å². The van der Waals surface area contributed by atoms with Crippen molar-refractivity contribution >= 4 is 0 Å². The van der Waals surface area contributed by atoms with Gasteiger partial charge in [-0.05, 0) is 49.3 Å². The largest absolute Gasteiger partial charge is 0.508 e. The normalized spacial score (nSPS) is 24.2. The molecule has 2 aliphatic rings. The lowest BCUT2D eigenvalue weighted by atomic mass is 9.81. The minimum absolute atomic E-state index is 0.302. The van der Waals surface area contributed by atoms with Crippen molar-refractivity contribution in [3.8, 4) is 5.75 Å². The van der Waals surface area contributed by atoms with Crippen molar-refractivity contribution in [1.29, 1.82) is 0 Å². The lowest BCUT2D eigenvalue weighted by molar-refractivity contribution is -0.242. The van der Waals surface area contributed by atoms with Gasteiger partial charge in [-0.3, -0.25) is 0 Å². The lowest BCUT2D eigenvalue weighted by Crippen LogP contribution is -2.39. The molecule has 1 saturated carbocycles. The van der Waals surface area contributed by atoms with Crippen molar-refractivity contribution in [2.24, 2.45) is 0 Å². The maximum Gasteiger partial charge on any atom is 0.168 e. The summed E-state index contributed by atoms with van der Waals surface area (Å²) in [5, 5.41) is 9.35. The summed E-state index contributed by atoms with van der Waals surface area (Å²) in [6, 6.07) is 7.62. The van der Waals surface area contributed by atoms with Gasteiger partial charge < -0.3 is 14.6 Å². The first-order valence-electron chi connectivity index (χ1n) is 7.34. The number of benzene rings is 1. The van der Waals surface area contributed by atoms with Crippen LogP contribution in [-0.2, 0) is 9.47 Å². The molecule has 2 fully saturated rings. The summed E-state index contributed by atoms with van der Waals surface area (Å²) in [6.07, 6.45) is 6.40. The number of hydrogen-bond acceptors (Lipinski definition) is 3. The SMILES string of the molecule is Oc1ccc(C2CCC3(CC2)OCCCCO3)cc1. The maximum absolute atomic E-state index is 9.35. The third-order valence-electron chi connectivity index (χ3n) is 4.38. The van der Waals surface area contributed by atoms with Gasteiger partial charge in [0.15, 0.2) is 5.79 Å². The first kappa shape index (κ1) is 12.9. The number of phenolic OH excluding ortho intramolecular Hbond substituents is 1. The molecular formula is C16H22O3. The molecule has 3 rings (SSSR count). The van der Waals surface area contributed by atoms with Crippen LogP contribution in [0.5, 0.6) is 5.75 Å². The Kier molecular flexibility index (Phi) is 3.76. The fourth-order valence-electron chi connectivity index (χ4n) is 3.19. The Morgan fingerprint density at radius 2 is 1.53 bits per heavy atom. The topological polar surface area (TPSA) is 38.7 Å². The molecule has 0 aromatic heterocycles. The van der Waals surface area contributed by atoms with Crippen LogP contribution in [-0.4, -0.2) is 24.1 Å². The van der Waals surface area contributed by atoms with Crippen molar-refractivity contribution in [2.75, 3.05) is 13.2 Å². The van der Waals surface area contributed by atoms with E-state index in [4.69, 9.17) is 9.47 Å². The summed E-state index contributed by atoms with van der Waals surface area (Å²) in [6.45, 7) is 1.67. The van der Waals surface area contributed by atoms with E-state index in [1.54, 1.807) is 12.1 Å². The minimum Gasteiger partial charge on any atom is -0.508 e. The minimum atomic E-state index is -0.302. The van der Waals surface area contributed by atoms with Gasteiger partial charge in [-0.1, -0.05) is 12.1 Å². The highest BCUT2D eigenvalue weighted by molar-refractivity contribution is 5.28. The van der Waals surface area contributed by atoms with Crippen LogP contribution < -0.4 is 0 Å². The van der Waals surface area contributed by atoms with Gasteiger partial charge in [0.05, 0.1) is 13.2 Å². The predicted octanol–water partition coefficient (Wildman–Crippen LogP) is 3.57. The Morgan fingerprint density at radius 3 is 2.11 bits per heavy atom. The van der Waals surface area contributed by atoms with E-state index in [1.807, 2.05) is 12.1 Å². The predicted molar refractivity (Wildman–Crippen MR) is 73.2 cm³/mol. The van der Waals surface area contributed by atoms with E-state index in [1.165, 1.54) is 5.56 Å². The van der Waals surface area contributed by atoms with E-state index in [9.17, 15) is 5.11 Å². The second-order valence-corrected chi connectivity index (χ2v) is 5.68. The van der Waals surface area contributed by atoms with Crippen LogP contribution in [0.4, 0.5) is 0 Å². The molecule has 1 aliphatic heterocycles. The molecule has 0 unspecified atom stereocenters. The Bertz CT molecular complexity index is 395. The standard InChI is InChI=1S/C16H22O3/c17-15-5-3-13(4-6-15)14-7-9-16(10-8-14)18-11-1-2-12-19-16/h3-6,14,17H,1-2,7-12H2. The summed E-state index contributed by atoms with van der Waals surface area (Å²) in [4.78, 5) is 0. The lowest BCUT2D eigenvalue weighted by Gasteiger charge is -2.38. The molecule has 1 saturated heterocycles. The molecule has 1 aromatic rings. The second kappa shape index (κ2) is 5.51. The van der Waals surface area contributed by atoms with Gasteiger partial charge in [-0.2, -0.15) is 0 Å². The molecular weight excluding hydrogens is 240 g/mol. The van der Waals surface area contributed by atoms with E-state index >= 15 is 0 Å². The molecule has 3 heteroatoms. The van der Waals surface area contributed by atoms with Crippen LogP contribution in [0.15, 0.2) is 24.3 Å². The van der Waals surface area contributed by atoms with Crippen LogP contribution in [0, 0.1) is 0 Å². The Hall–Kier alpha value is -1.06. The van der Waals surface area contributed by atoms with Gasteiger partial charge in [0.2, 0.25) is 0 Å².